The maximum absolute atomic E-state index is 14.7. The summed E-state index contributed by atoms with van der Waals surface area (Å²) in [5.74, 6) is -2.71. The second-order valence-electron chi connectivity index (χ2n) is 6.92. The first-order valence-electron chi connectivity index (χ1n) is 8.91. The lowest BCUT2D eigenvalue weighted by molar-refractivity contribution is -0.154. The van der Waals surface area contributed by atoms with E-state index < -0.39 is 41.4 Å². The molecule has 2 fully saturated rings. The topological polar surface area (TPSA) is 64.6 Å². The van der Waals surface area contributed by atoms with Crippen molar-refractivity contribution >= 4 is 11.9 Å². The van der Waals surface area contributed by atoms with E-state index in [1.807, 2.05) is 37.3 Å². The molecule has 1 aromatic carbocycles. The van der Waals surface area contributed by atoms with Crippen molar-refractivity contribution in [1.82, 2.24) is 5.32 Å². The van der Waals surface area contributed by atoms with Crippen LogP contribution in [0, 0.1) is 17.8 Å². The van der Waals surface area contributed by atoms with Crippen LogP contribution >= 0.6 is 0 Å². The van der Waals surface area contributed by atoms with Crippen molar-refractivity contribution < 1.29 is 24.9 Å². The SMILES string of the molecule is C=COC(=O)[C@H]1[C@H]2[C@@H]1[C@](N[C@H](C)c1ccccc1)(C(=O)OCC)C[C@@H]2F.[HH]. The number of alkyl halides is 1. The average Bonchev–Trinajstić information content (AvgIpc) is 3.32. The Bertz CT molecular complexity index is 700. The third-order valence-corrected chi connectivity index (χ3v) is 5.46. The van der Waals surface area contributed by atoms with Crippen LogP contribution in [0.5, 0.6) is 0 Å². The Morgan fingerprint density at radius 2 is 2.15 bits per heavy atom. The third-order valence-electron chi connectivity index (χ3n) is 5.46. The highest BCUT2D eigenvalue weighted by Crippen LogP contribution is 2.64. The smallest absolute Gasteiger partial charge is 0.326 e. The summed E-state index contributed by atoms with van der Waals surface area (Å²) in [6, 6.07) is 9.38. The Morgan fingerprint density at radius 3 is 2.77 bits per heavy atom. The van der Waals surface area contributed by atoms with E-state index in [4.69, 9.17) is 9.47 Å². The molecule has 5 nitrogen and oxygen atoms in total. The number of halogens is 1. The molecule has 0 spiro atoms. The highest BCUT2D eigenvalue weighted by molar-refractivity contribution is 5.87. The van der Waals surface area contributed by atoms with Gasteiger partial charge in [0, 0.05) is 25.7 Å². The summed E-state index contributed by atoms with van der Waals surface area (Å²) in [6.07, 6.45) is -0.228. The Labute approximate surface area is 154 Å². The molecule has 1 aromatic rings. The van der Waals surface area contributed by atoms with Crippen molar-refractivity contribution in [3.05, 3.63) is 48.7 Å². The molecule has 0 radical (unpaired) electrons. The predicted molar refractivity (Wildman–Crippen MR) is 95.7 cm³/mol. The molecule has 0 aromatic heterocycles. The van der Waals surface area contributed by atoms with Crippen LogP contribution in [0.25, 0.3) is 0 Å². The number of hydrogen-bond donors (Lipinski definition) is 1. The number of esters is 2. The van der Waals surface area contributed by atoms with Gasteiger partial charge < -0.3 is 9.47 Å². The number of ether oxygens (including phenoxy) is 2. The summed E-state index contributed by atoms with van der Waals surface area (Å²) >= 11 is 0. The van der Waals surface area contributed by atoms with Gasteiger partial charge >= 0.3 is 11.9 Å². The molecule has 2 saturated carbocycles. The Kier molecular flexibility index (Phi) is 5.14. The van der Waals surface area contributed by atoms with Gasteiger partial charge in [0.25, 0.3) is 0 Å². The van der Waals surface area contributed by atoms with E-state index in [0.29, 0.717) is 0 Å². The summed E-state index contributed by atoms with van der Waals surface area (Å²) in [6.45, 7) is 7.18. The highest BCUT2D eigenvalue weighted by atomic mass is 19.1. The standard InChI is InChI=1S/C20H24FNO4.H2/c1-4-25-18(23)16-15-14(21)11-20(17(15)16,19(24)26-5-2)22-12(3)13-9-7-6-8-10-13;/h4,6-10,12,14-17,22H,1,5,11H2,2-3H3;1H/t12-,14+,15+,16+,17+,20+;/m1./s1. The van der Waals surface area contributed by atoms with Gasteiger partial charge in [0.2, 0.25) is 0 Å². The van der Waals surface area contributed by atoms with Crippen LogP contribution in [-0.4, -0.2) is 30.3 Å². The third kappa shape index (κ3) is 3.03. The lowest BCUT2D eigenvalue weighted by Gasteiger charge is -2.34. The second-order valence-corrected chi connectivity index (χ2v) is 6.92. The molecule has 0 unspecified atom stereocenters. The molecule has 3 rings (SSSR count). The fourth-order valence-corrected chi connectivity index (χ4v) is 4.37. The van der Waals surface area contributed by atoms with Gasteiger partial charge in [0.05, 0.1) is 18.8 Å². The Morgan fingerprint density at radius 1 is 1.46 bits per heavy atom. The summed E-state index contributed by atoms with van der Waals surface area (Å²) in [7, 11) is 0. The lowest BCUT2D eigenvalue weighted by atomic mass is 9.88. The minimum atomic E-state index is -1.26. The number of carbonyl (C=O) groups excluding carboxylic acids is 2. The van der Waals surface area contributed by atoms with Crippen molar-refractivity contribution in [2.24, 2.45) is 17.8 Å². The fraction of sp³-hybridized carbons (Fsp3) is 0.500. The van der Waals surface area contributed by atoms with Crippen LogP contribution in [0.1, 0.15) is 33.3 Å². The average molecular weight is 363 g/mol. The van der Waals surface area contributed by atoms with E-state index in [2.05, 4.69) is 11.9 Å². The largest absolute Gasteiger partial charge is 0.465 e. The van der Waals surface area contributed by atoms with E-state index in [1.165, 1.54) is 0 Å². The van der Waals surface area contributed by atoms with Crippen LogP contribution in [0.2, 0.25) is 0 Å². The fourth-order valence-electron chi connectivity index (χ4n) is 4.37. The van der Waals surface area contributed by atoms with Crippen molar-refractivity contribution in [2.75, 3.05) is 6.61 Å². The molecule has 0 bridgehead atoms. The summed E-state index contributed by atoms with van der Waals surface area (Å²) in [5, 5.41) is 3.29. The molecule has 0 heterocycles. The molecule has 6 heteroatoms. The zero-order valence-corrected chi connectivity index (χ0v) is 15.0. The summed E-state index contributed by atoms with van der Waals surface area (Å²) < 4.78 is 24.8. The number of benzene rings is 1. The molecule has 142 valence electrons. The molecule has 0 saturated heterocycles. The first kappa shape index (κ1) is 18.6. The Hall–Kier alpha value is -2.21. The van der Waals surface area contributed by atoms with Gasteiger partial charge in [-0.1, -0.05) is 36.9 Å². The first-order chi connectivity index (χ1) is 12.5. The quantitative estimate of drug-likeness (QED) is 0.595. The van der Waals surface area contributed by atoms with Gasteiger partial charge in [-0.2, -0.15) is 0 Å². The van der Waals surface area contributed by atoms with Gasteiger partial charge in [0.15, 0.2) is 0 Å². The molecule has 2 aliphatic rings. The molecule has 0 amide bonds. The van der Waals surface area contributed by atoms with Gasteiger partial charge in [-0.15, -0.1) is 0 Å². The number of rotatable bonds is 7. The normalized spacial score (nSPS) is 33.0. The summed E-state index contributed by atoms with van der Waals surface area (Å²) in [5.41, 5.74) is -0.263. The van der Waals surface area contributed by atoms with E-state index in [-0.39, 0.29) is 20.5 Å². The van der Waals surface area contributed by atoms with E-state index in [0.717, 1.165) is 11.8 Å². The van der Waals surface area contributed by atoms with Crippen LogP contribution in [0.3, 0.4) is 0 Å². The molecular formula is C20H26FNO4. The van der Waals surface area contributed by atoms with Crippen molar-refractivity contribution in [3.63, 3.8) is 0 Å². The van der Waals surface area contributed by atoms with Crippen LogP contribution in [0.15, 0.2) is 43.2 Å². The molecule has 2 aliphatic carbocycles. The number of nitrogens with one attached hydrogen (secondary N) is 1. The highest BCUT2D eigenvalue weighted by Gasteiger charge is 2.76. The van der Waals surface area contributed by atoms with Gasteiger partial charge in [-0.25, -0.2) is 4.39 Å². The minimum absolute atomic E-state index is 0. The zero-order chi connectivity index (χ0) is 18.9. The number of fused-ring (bicyclic) bond motifs is 1. The van der Waals surface area contributed by atoms with Gasteiger partial charge in [0.1, 0.15) is 11.7 Å². The molecule has 26 heavy (non-hydrogen) atoms. The van der Waals surface area contributed by atoms with E-state index in [1.54, 1.807) is 6.92 Å². The second kappa shape index (κ2) is 7.19. The zero-order valence-electron chi connectivity index (χ0n) is 15.0. The number of carbonyl (C=O) groups is 2. The van der Waals surface area contributed by atoms with Crippen LogP contribution in [0.4, 0.5) is 4.39 Å². The van der Waals surface area contributed by atoms with Crippen LogP contribution < -0.4 is 5.32 Å². The van der Waals surface area contributed by atoms with Crippen molar-refractivity contribution in [3.8, 4) is 0 Å². The maximum atomic E-state index is 14.7. The van der Waals surface area contributed by atoms with Crippen LogP contribution in [-0.2, 0) is 19.1 Å². The molecule has 6 atom stereocenters. The summed E-state index contributed by atoms with van der Waals surface area (Å²) in [4.78, 5) is 25.0. The van der Waals surface area contributed by atoms with Crippen molar-refractivity contribution in [1.29, 1.82) is 0 Å². The Balaban J connectivity index is 0.00000261. The molecule has 0 aliphatic heterocycles. The molecular weight excluding hydrogens is 337 g/mol. The van der Waals surface area contributed by atoms with Gasteiger partial charge in [-0.3, -0.25) is 14.9 Å². The number of hydrogen-bond acceptors (Lipinski definition) is 5. The predicted octanol–water partition coefficient (Wildman–Crippen LogP) is 3.18. The monoisotopic (exact) mass is 363 g/mol. The van der Waals surface area contributed by atoms with E-state index in [9.17, 15) is 14.0 Å². The van der Waals surface area contributed by atoms with Crippen molar-refractivity contribution in [2.45, 2.75) is 38.0 Å². The first-order valence-corrected chi connectivity index (χ1v) is 8.91. The maximum Gasteiger partial charge on any atom is 0.326 e. The lowest BCUT2D eigenvalue weighted by Crippen LogP contribution is -2.55. The van der Waals surface area contributed by atoms with Gasteiger partial charge in [-0.05, 0) is 19.4 Å². The van der Waals surface area contributed by atoms with E-state index >= 15 is 0 Å². The minimum Gasteiger partial charge on any atom is -0.465 e. The molecule has 1 N–H and O–H groups in total.